The number of para-hydroxylation sites is 1. The highest BCUT2D eigenvalue weighted by atomic mass is 16.5. The molecule has 1 aromatic carbocycles. The summed E-state index contributed by atoms with van der Waals surface area (Å²) in [5.41, 5.74) is 1.42. The molecule has 7 nitrogen and oxygen atoms in total. The van der Waals surface area contributed by atoms with Crippen LogP contribution in [0.2, 0.25) is 0 Å². The minimum absolute atomic E-state index is 0.0431. The van der Waals surface area contributed by atoms with Crippen LogP contribution in [0, 0.1) is 0 Å². The van der Waals surface area contributed by atoms with Gasteiger partial charge in [0.1, 0.15) is 5.69 Å². The molecule has 3 aromatic rings. The molecular weight excluding hydrogens is 298 g/mol. The highest BCUT2D eigenvalue weighted by Crippen LogP contribution is 2.25. The Bertz CT molecular complexity index is 917. The molecule has 2 heterocycles. The summed E-state index contributed by atoms with van der Waals surface area (Å²) in [7, 11) is 0. The summed E-state index contributed by atoms with van der Waals surface area (Å²) >= 11 is 0. The number of carboxylic acids is 1. The molecule has 0 saturated carbocycles. The van der Waals surface area contributed by atoms with E-state index in [-0.39, 0.29) is 17.5 Å². The number of hydrogen-bond acceptors (Lipinski definition) is 4. The van der Waals surface area contributed by atoms with Gasteiger partial charge in [0.25, 0.3) is 0 Å². The summed E-state index contributed by atoms with van der Waals surface area (Å²) in [5, 5.41) is 12.7. The normalized spacial score (nSPS) is 11.1. The van der Waals surface area contributed by atoms with Crippen LogP contribution in [0.15, 0.2) is 52.0 Å². The summed E-state index contributed by atoms with van der Waals surface area (Å²) in [6.45, 7) is 3.85. The quantitative estimate of drug-likeness (QED) is 0.799. The number of aromatic nitrogens is 3. The van der Waals surface area contributed by atoms with Crippen LogP contribution in [-0.4, -0.2) is 25.4 Å². The van der Waals surface area contributed by atoms with Crippen LogP contribution in [0.5, 0.6) is 0 Å². The standard InChI is InChI=1S/C16H15N3O4/c1-10(2)18-7-8-19(16(18)22)13-6-4-3-5-11(13)12-9-14(15(20)21)23-17-12/h3-10H,1-2H3,(H,20,21). The molecule has 0 saturated heterocycles. The van der Waals surface area contributed by atoms with Gasteiger partial charge in [0.15, 0.2) is 0 Å². The van der Waals surface area contributed by atoms with E-state index in [4.69, 9.17) is 9.63 Å². The van der Waals surface area contributed by atoms with E-state index in [1.165, 1.54) is 10.6 Å². The molecule has 7 heteroatoms. The minimum atomic E-state index is -1.19. The van der Waals surface area contributed by atoms with Gasteiger partial charge in [0.05, 0.1) is 5.69 Å². The molecule has 0 radical (unpaired) electrons. The van der Waals surface area contributed by atoms with Crippen molar-refractivity contribution in [1.29, 1.82) is 0 Å². The fourth-order valence-electron chi connectivity index (χ4n) is 2.37. The van der Waals surface area contributed by atoms with Gasteiger partial charge < -0.3 is 9.63 Å². The first kappa shape index (κ1) is 14.8. The number of imidazole rings is 1. The van der Waals surface area contributed by atoms with Crippen molar-refractivity contribution in [2.24, 2.45) is 0 Å². The summed E-state index contributed by atoms with van der Waals surface area (Å²) in [4.78, 5) is 23.4. The van der Waals surface area contributed by atoms with Crippen molar-refractivity contribution in [1.82, 2.24) is 14.3 Å². The fraction of sp³-hybridized carbons (Fsp3) is 0.188. The fourth-order valence-corrected chi connectivity index (χ4v) is 2.37. The van der Waals surface area contributed by atoms with Gasteiger partial charge in [-0.1, -0.05) is 23.4 Å². The van der Waals surface area contributed by atoms with E-state index in [1.54, 1.807) is 41.2 Å². The lowest BCUT2D eigenvalue weighted by atomic mass is 10.1. The van der Waals surface area contributed by atoms with Crippen molar-refractivity contribution in [2.75, 3.05) is 0 Å². The van der Waals surface area contributed by atoms with E-state index in [0.717, 1.165) is 0 Å². The van der Waals surface area contributed by atoms with Gasteiger partial charge in [0, 0.05) is 30.1 Å². The second-order valence-electron chi connectivity index (χ2n) is 5.35. The van der Waals surface area contributed by atoms with E-state index in [1.807, 2.05) is 13.8 Å². The molecule has 23 heavy (non-hydrogen) atoms. The number of nitrogens with zero attached hydrogens (tertiary/aromatic N) is 3. The largest absolute Gasteiger partial charge is 0.475 e. The third-order valence-corrected chi connectivity index (χ3v) is 3.52. The summed E-state index contributed by atoms with van der Waals surface area (Å²) in [6, 6.07) is 8.51. The summed E-state index contributed by atoms with van der Waals surface area (Å²) in [6.07, 6.45) is 3.40. The third kappa shape index (κ3) is 2.57. The van der Waals surface area contributed by atoms with E-state index in [9.17, 15) is 9.59 Å². The molecule has 3 rings (SSSR count). The van der Waals surface area contributed by atoms with Crippen LogP contribution in [-0.2, 0) is 0 Å². The molecule has 2 aromatic heterocycles. The molecular formula is C16H15N3O4. The van der Waals surface area contributed by atoms with E-state index in [2.05, 4.69) is 5.16 Å². The Kier molecular flexibility index (Phi) is 3.61. The first-order valence-electron chi connectivity index (χ1n) is 7.08. The van der Waals surface area contributed by atoms with Crippen molar-refractivity contribution in [3.8, 4) is 16.9 Å². The Balaban J connectivity index is 2.15. The molecule has 118 valence electrons. The minimum Gasteiger partial charge on any atom is -0.475 e. The first-order chi connectivity index (χ1) is 11.0. The topological polar surface area (TPSA) is 90.3 Å². The molecule has 0 unspecified atom stereocenters. The maximum atomic E-state index is 12.5. The predicted molar refractivity (Wildman–Crippen MR) is 82.9 cm³/mol. The molecule has 0 aliphatic rings. The number of hydrogen-bond donors (Lipinski definition) is 1. The molecule has 0 aliphatic heterocycles. The van der Waals surface area contributed by atoms with Crippen molar-refractivity contribution >= 4 is 5.97 Å². The van der Waals surface area contributed by atoms with E-state index < -0.39 is 5.97 Å². The molecule has 0 fully saturated rings. The number of carboxylic acid groups (broad SMARTS) is 1. The zero-order valence-corrected chi connectivity index (χ0v) is 12.6. The van der Waals surface area contributed by atoms with Crippen molar-refractivity contribution in [3.63, 3.8) is 0 Å². The van der Waals surface area contributed by atoms with Crippen LogP contribution >= 0.6 is 0 Å². The molecule has 1 N–H and O–H groups in total. The van der Waals surface area contributed by atoms with Crippen LogP contribution in [0.3, 0.4) is 0 Å². The lowest BCUT2D eigenvalue weighted by Gasteiger charge is -2.08. The number of carbonyl (C=O) groups is 1. The zero-order valence-electron chi connectivity index (χ0n) is 12.6. The van der Waals surface area contributed by atoms with Gasteiger partial charge in [-0.25, -0.2) is 9.59 Å². The number of rotatable bonds is 4. The van der Waals surface area contributed by atoms with Gasteiger partial charge in [-0.3, -0.25) is 9.13 Å². The average molecular weight is 313 g/mol. The van der Waals surface area contributed by atoms with Gasteiger partial charge in [-0.15, -0.1) is 0 Å². The van der Waals surface area contributed by atoms with Crippen LogP contribution in [0.1, 0.15) is 30.4 Å². The highest BCUT2D eigenvalue weighted by molar-refractivity contribution is 5.86. The zero-order chi connectivity index (χ0) is 16.6. The highest BCUT2D eigenvalue weighted by Gasteiger charge is 2.17. The van der Waals surface area contributed by atoms with Crippen molar-refractivity contribution in [3.05, 3.63) is 59.0 Å². The first-order valence-corrected chi connectivity index (χ1v) is 7.08. The van der Waals surface area contributed by atoms with E-state index in [0.29, 0.717) is 16.9 Å². The summed E-state index contributed by atoms with van der Waals surface area (Å²) in [5.74, 6) is -1.44. The SMILES string of the molecule is CC(C)n1ccn(-c2ccccc2-c2cc(C(=O)O)on2)c1=O. The molecule has 0 aliphatic carbocycles. The smallest absolute Gasteiger partial charge is 0.374 e. The van der Waals surface area contributed by atoms with Crippen LogP contribution < -0.4 is 5.69 Å². The van der Waals surface area contributed by atoms with Gasteiger partial charge in [-0.2, -0.15) is 0 Å². The Hall–Kier alpha value is -3.09. The molecule has 0 atom stereocenters. The second-order valence-corrected chi connectivity index (χ2v) is 5.35. The lowest BCUT2D eigenvalue weighted by Crippen LogP contribution is -2.24. The van der Waals surface area contributed by atoms with Crippen molar-refractivity contribution < 1.29 is 14.4 Å². The molecule has 0 amide bonds. The van der Waals surface area contributed by atoms with E-state index >= 15 is 0 Å². The predicted octanol–water partition coefficient (Wildman–Crippen LogP) is 2.57. The number of aromatic carboxylic acids is 1. The van der Waals surface area contributed by atoms with Crippen LogP contribution in [0.4, 0.5) is 0 Å². The Morgan fingerprint density at radius 1 is 1.26 bits per heavy atom. The Labute approximate surface area is 131 Å². The maximum absolute atomic E-state index is 12.5. The Morgan fingerprint density at radius 2 is 2.00 bits per heavy atom. The van der Waals surface area contributed by atoms with Crippen molar-refractivity contribution in [2.45, 2.75) is 19.9 Å². The van der Waals surface area contributed by atoms with Gasteiger partial charge in [-0.05, 0) is 19.9 Å². The average Bonchev–Trinajstić information content (AvgIpc) is 3.14. The third-order valence-electron chi connectivity index (χ3n) is 3.52. The summed E-state index contributed by atoms with van der Waals surface area (Å²) < 4.78 is 7.92. The Morgan fingerprint density at radius 3 is 2.61 bits per heavy atom. The molecule has 0 bridgehead atoms. The second kappa shape index (κ2) is 5.60. The maximum Gasteiger partial charge on any atom is 0.374 e. The lowest BCUT2D eigenvalue weighted by molar-refractivity contribution is 0.0652. The number of benzene rings is 1. The van der Waals surface area contributed by atoms with Gasteiger partial charge >= 0.3 is 11.7 Å². The molecule has 0 spiro atoms. The van der Waals surface area contributed by atoms with Gasteiger partial charge in [0.2, 0.25) is 5.76 Å². The monoisotopic (exact) mass is 313 g/mol. The van der Waals surface area contributed by atoms with Crippen LogP contribution in [0.25, 0.3) is 16.9 Å².